The molecule has 0 atom stereocenters. The van der Waals surface area contributed by atoms with Crippen molar-refractivity contribution in [1.82, 2.24) is 24.5 Å². The van der Waals surface area contributed by atoms with E-state index in [1.54, 1.807) is 29.2 Å². The number of pyridine rings is 1. The Kier molecular flexibility index (Phi) is 2.96. The van der Waals surface area contributed by atoms with Crippen LogP contribution in [-0.4, -0.2) is 24.5 Å². The van der Waals surface area contributed by atoms with E-state index in [1.165, 1.54) is 0 Å². The number of aromatic nitrogens is 5. The van der Waals surface area contributed by atoms with Crippen molar-refractivity contribution in [2.75, 3.05) is 5.32 Å². The van der Waals surface area contributed by atoms with E-state index in [9.17, 15) is 0 Å². The van der Waals surface area contributed by atoms with E-state index in [1.807, 2.05) is 7.05 Å². The maximum absolute atomic E-state index is 5.90. The first-order valence-electron chi connectivity index (χ1n) is 5.36. The zero-order valence-electron chi connectivity index (χ0n) is 9.80. The lowest BCUT2D eigenvalue weighted by Crippen LogP contribution is -1.99. The molecule has 6 nitrogen and oxygen atoms in total. The minimum atomic E-state index is 0.146. The molecule has 19 heavy (non-hydrogen) atoms. The molecular formula is C11H8Cl2N6. The number of halogens is 2. The predicted molar refractivity (Wildman–Crippen MR) is 73.8 cm³/mol. The van der Waals surface area contributed by atoms with Gasteiger partial charge in [-0.15, -0.1) is 0 Å². The largest absolute Gasteiger partial charge is 0.323 e. The first-order chi connectivity index (χ1) is 9.13. The van der Waals surface area contributed by atoms with E-state index >= 15 is 0 Å². The van der Waals surface area contributed by atoms with Crippen LogP contribution in [0.3, 0.4) is 0 Å². The Morgan fingerprint density at radius 2 is 2.00 bits per heavy atom. The first-order valence-corrected chi connectivity index (χ1v) is 6.12. The van der Waals surface area contributed by atoms with Crippen LogP contribution in [-0.2, 0) is 7.05 Å². The molecule has 0 saturated carbocycles. The fraction of sp³-hybridized carbons (Fsp3) is 0.0909. The van der Waals surface area contributed by atoms with Crippen LogP contribution in [0, 0.1) is 0 Å². The quantitative estimate of drug-likeness (QED) is 0.736. The molecule has 3 aromatic rings. The molecule has 0 fully saturated rings. The fourth-order valence-corrected chi connectivity index (χ4v) is 1.91. The van der Waals surface area contributed by atoms with Crippen molar-refractivity contribution in [3.63, 3.8) is 0 Å². The molecule has 0 radical (unpaired) electrons. The summed E-state index contributed by atoms with van der Waals surface area (Å²) in [6.07, 6.45) is 3.19. The molecule has 3 aromatic heterocycles. The number of anilines is 2. The molecule has 0 aliphatic carbocycles. The molecule has 1 N–H and O–H groups in total. The normalized spacial score (nSPS) is 10.9. The molecular weight excluding hydrogens is 287 g/mol. The minimum Gasteiger partial charge on any atom is -0.323 e. The monoisotopic (exact) mass is 294 g/mol. The molecule has 96 valence electrons. The highest BCUT2D eigenvalue weighted by Gasteiger charge is 2.11. The average Bonchev–Trinajstić information content (AvgIpc) is 2.74. The lowest BCUT2D eigenvalue weighted by atomic mass is 10.4. The summed E-state index contributed by atoms with van der Waals surface area (Å²) in [4.78, 5) is 16.6. The molecule has 3 rings (SSSR count). The molecule has 8 heteroatoms. The van der Waals surface area contributed by atoms with E-state index in [4.69, 9.17) is 23.2 Å². The summed E-state index contributed by atoms with van der Waals surface area (Å²) in [6.45, 7) is 0. The highest BCUT2D eigenvalue weighted by Crippen LogP contribution is 2.23. The van der Waals surface area contributed by atoms with Gasteiger partial charge < -0.3 is 9.88 Å². The number of rotatable bonds is 2. The van der Waals surface area contributed by atoms with Gasteiger partial charge >= 0.3 is 0 Å². The Morgan fingerprint density at radius 1 is 1.16 bits per heavy atom. The third kappa shape index (κ3) is 2.32. The van der Waals surface area contributed by atoms with Gasteiger partial charge in [0.1, 0.15) is 5.82 Å². The van der Waals surface area contributed by atoms with Gasteiger partial charge in [-0.1, -0.05) is 11.6 Å². The minimum absolute atomic E-state index is 0.146. The van der Waals surface area contributed by atoms with Gasteiger partial charge in [0, 0.05) is 13.2 Å². The second kappa shape index (κ2) is 4.64. The van der Waals surface area contributed by atoms with Crippen molar-refractivity contribution in [1.29, 1.82) is 0 Å². The molecule has 0 unspecified atom stereocenters. The van der Waals surface area contributed by atoms with Crippen LogP contribution >= 0.6 is 23.2 Å². The van der Waals surface area contributed by atoms with E-state index < -0.39 is 0 Å². The molecule has 0 bridgehead atoms. The van der Waals surface area contributed by atoms with Crippen molar-refractivity contribution in [2.45, 2.75) is 0 Å². The summed E-state index contributed by atoms with van der Waals surface area (Å²) >= 11 is 11.7. The Bertz CT molecular complexity index is 737. The SMILES string of the molecule is Cn1cnc2c(Nc3ccc(Cl)cn3)nc(Cl)nc21. The van der Waals surface area contributed by atoms with Gasteiger partial charge in [-0.2, -0.15) is 9.97 Å². The number of hydrogen-bond acceptors (Lipinski definition) is 5. The molecule has 0 aliphatic rings. The summed E-state index contributed by atoms with van der Waals surface area (Å²) < 4.78 is 1.77. The van der Waals surface area contributed by atoms with Gasteiger partial charge in [0.05, 0.1) is 11.3 Å². The Morgan fingerprint density at radius 3 is 2.74 bits per heavy atom. The van der Waals surface area contributed by atoms with Crippen LogP contribution in [0.25, 0.3) is 11.2 Å². The third-order valence-electron chi connectivity index (χ3n) is 2.51. The topological polar surface area (TPSA) is 68.5 Å². The molecule has 0 spiro atoms. The van der Waals surface area contributed by atoms with E-state index in [-0.39, 0.29) is 5.28 Å². The van der Waals surface area contributed by atoms with Crippen molar-refractivity contribution in [3.05, 3.63) is 35.0 Å². The van der Waals surface area contributed by atoms with Crippen molar-refractivity contribution >= 4 is 46.0 Å². The number of hydrogen-bond donors (Lipinski definition) is 1. The van der Waals surface area contributed by atoms with Gasteiger partial charge in [0.2, 0.25) is 5.28 Å². The van der Waals surface area contributed by atoms with Crippen LogP contribution in [0.1, 0.15) is 0 Å². The average molecular weight is 295 g/mol. The Hall–Kier alpha value is -1.92. The van der Waals surface area contributed by atoms with Gasteiger partial charge in [0.25, 0.3) is 0 Å². The van der Waals surface area contributed by atoms with Crippen LogP contribution in [0.5, 0.6) is 0 Å². The van der Waals surface area contributed by atoms with Gasteiger partial charge in [-0.25, -0.2) is 9.97 Å². The van der Waals surface area contributed by atoms with E-state index in [0.29, 0.717) is 27.8 Å². The number of aryl methyl sites for hydroxylation is 1. The maximum Gasteiger partial charge on any atom is 0.226 e. The zero-order chi connectivity index (χ0) is 13.4. The zero-order valence-corrected chi connectivity index (χ0v) is 11.3. The second-order valence-corrected chi connectivity index (χ2v) is 4.63. The summed E-state index contributed by atoms with van der Waals surface area (Å²) in [5, 5.41) is 3.76. The lowest BCUT2D eigenvalue weighted by molar-refractivity contribution is 0.928. The standard InChI is InChI=1S/C11H8Cl2N6/c1-19-5-15-8-9(17-11(13)18-10(8)19)16-7-3-2-6(12)4-14-7/h2-5H,1H3,(H,14,16,17,18). The summed E-state index contributed by atoms with van der Waals surface area (Å²) in [6, 6.07) is 3.47. The number of nitrogens with one attached hydrogen (secondary N) is 1. The van der Waals surface area contributed by atoms with Crippen molar-refractivity contribution < 1.29 is 0 Å². The van der Waals surface area contributed by atoms with Gasteiger partial charge in [-0.05, 0) is 23.7 Å². The molecule has 0 aromatic carbocycles. The highest BCUT2D eigenvalue weighted by atomic mass is 35.5. The van der Waals surface area contributed by atoms with Crippen LogP contribution in [0.15, 0.2) is 24.7 Å². The fourth-order valence-electron chi connectivity index (χ4n) is 1.64. The highest BCUT2D eigenvalue weighted by molar-refractivity contribution is 6.30. The Balaban J connectivity index is 2.07. The van der Waals surface area contributed by atoms with Crippen LogP contribution in [0.2, 0.25) is 10.3 Å². The number of imidazole rings is 1. The number of nitrogens with zero attached hydrogens (tertiary/aromatic N) is 5. The second-order valence-electron chi connectivity index (χ2n) is 3.86. The van der Waals surface area contributed by atoms with Crippen molar-refractivity contribution in [3.8, 4) is 0 Å². The smallest absolute Gasteiger partial charge is 0.226 e. The summed E-state index contributed by atoms with van der Waals surface area (Å²) in [7, 11) is 1.84. The van der Waals surface area contributed by atoms with Crippen LogP contribution < -0.4 is 5.32 Å². The molecule has 3 heterocycles. The maximum atomic E-state index is 5.90. The Labute approximate surface area is 118 Å². The summed E-state index contributed by atoms with van der Waals surface area (Å²) in [5.74, 6) is 1.11. The molecule has 0 saturated heterocycles. The first kappa shape index (κ1) is 12.1. The third-order valence-corrected chi connectivity index (χ3v) is 2.90. The van der Waals surface area contributed by atoms with Crippen LogP contribution in [0.4, 0.5) is 11.6 Å². The molecule has 0 amide bonds. The predicted octanol–water partition coefficient (Wildman–Crippen LogP) is 2.81. The van der Waals surface area contributed by atoms with Crippen molar-refractivity contribution in [2.24, 2.45) is 7.05 Å². The van der Waals surface area contributed by atoms with E-state index in [2.05, 4.69) is 25.3 Å². The lowest BCUT2D eigenvalue weighted by Gasteiger charge is -2.05. The van der Waals surface area contributed by atoms with Gasteiger partial charge in [-0.3, -0.25) is 0 Å². The summed E-state index contributed by atoms with van der Waals surface area (Å²) in [5.41, 5.74) is 1.28. The molecule has 0 aliphatic heterocycles. The van der Waals surface area contributed by atoms with Gasteiger partial charge in [0.15, 0.2) is 17.0 Å². The van der Waals surface area contributed by atoms with E-state index in [0.717, 1.165) is 0 Å². The number of fused-ring (bicyclic) bond motifs is 1.